The summed E-state index contributed by atoms with van der Waals surface area (Å²) in [7, 11) is 0. The van der Waals surface area contributed by atoms with Crippen molar-refractivity contribution in [1.82, 2.24) is 9.88 Å². The first-order valence-electron chi connectivity index (χ1n) is 9.09. The van der Waals surface area contributed by atoms with Crippen LogP contribution in [0.5, 0.6) is 0 Å². The number of likely N-dealkylation sites (tertiary alicyclic amines) is 1. The van der Waals surface area contributed by atoms with Gasteiger partial charge < -0.3 is 10.2 Å². The standard InChI is InChI=1S/C21H25N3O2/c1-15-7-3-4-9-17(15)13-19(25)24-12-6-10-18(14-24)21(26)23-20-16(2)8-5-11-22-20/h3-5,7-9,11,18H,6,10,12-14H2,1-2H3,(H,22,23,26). The zero-order chi connectivity index (χ0) is 18.5. The highest BCUT2D eigenvalue weighted by molar-refractivity contribution is 5.93. The molecule has 1 aromatic heterocycles. The van der Waals surface area contributed by atoms with E-state index in [1.807, 2.05) is 55.1 Å². The van der Waals surface area contributed by atoms with E-state index in [1.165, 1.54) is 0 Å². The quantitative estimate of drug-likeness (QED) is 0.920. The van der Waals surface area contributed by atoms with Gasteiger partial charge in [0.2, 0.25) is 11.8 Å². The largest absolute Gasteiger partial charge is 0.342 e. The van der Waals surface area contributed by atoms with E-state index in [2.05, 4.69) is 10.3 Å². The Balaban J connectivity index is 1.61. The van der Waals surface area contributed by atoms with Crippen LogP contribution in [0.3, 0.4) is 0 Å². The molecule has 1 aliphatic heterocycles. The first-order chi connectivity index (χ1) is 12.5. The van der Waals surface area contributed by atoms with Crippen LogP contribution in [0.2, 0.25) is 0 Å². The SMILES string of the molecule is Cc1ccccc1CC(=O)N1CCCC(C(=O)Nc2ncccc2C)C1. The predicted molar refractivity (Wildman–Crippen MR) is 102 cm³/mol. The summed E-state index contributed by atoms with van der Waals surface area (Å²) in [5, 5.41) is 2.91. The lowest BCUT2D eigenvalue weighted by Gasteiger charge is -2.32. The van der Waals surface area contributed by atoms with Crippen LogP contribution >= 0.6 is 0 Å². The third-order valence-electron chi connectivity index (χ3n) is 5.00. The van der Waals surface area contributed by atoms with Crippen molar-refractivity contribution in [3.05, 3.63) is 59.3 Å². The van der Waals surface area contributed by atoms with Crippen molar-refractivity contribution in [3.63, 3.8) is 0 Å². The summed E-state index contributed by atoms with van der Waals surface area (Å²) in [6.07, 6.45) is 3.70. The molecular formula is C21H25N3O2. The number of hydrogen-bond acceptors (Lipinski definition) is 3. The van der Waals surface area contributed by atoms with Crippen LogP contribution in [0.1, 0.15) is 29.5 Å². The van der Waals surface area contributed by atoms with Crippen LogP contribution in [-0.4, -0.2) is 34.8 Å². The summed E-state index contributed by atoms with van der Waals surface area (Å²) in [5.41, 5.74) is 3.11. The molecule has 5 nitrogen and oxygen atoms in total. The summed E-state index contributed by atoms with van der Waals surface area (Å²) >= 11 is 0. The van der Waals surface area contributed by atoms with Gasteiger partial charge in [-0.05, 0) is 49.4 Å². The number of hydrogen-bond donors (Lipinski definition) is 1. The summed E-state index contributed by atoms with van der Waals surface area (Å²) in [6, 6.07) is 11.7. The number of carbonyl (C=O) groups is 2. The molecule has 2 aromatic rings. The first kappa shape index (κ1) is 18.1. The van der Waals surface area contributed by atoms with Crippen molar-refractivity contribution < 1.29 is 9.59 Å². The van der Waals surface area contributed by atoms with Gasteiger partial charge in [0, 0.05) is 19.3 Å². The normalized spacial score (nSPS) is 17.0. The van der Waals surface area contributed by atoms with E-state index >= 15 is 0 Å². The van der Waals surface area contributed by atoms with Crippen LogP contribution in [0.4, 0.5) is 5.82 Å². The Morgan fingerprint density at radius 3 is 2.69 bits per heavy atom. The molecule has 5 heteroatoms. The smallest absolute Gasteiger partial charge is 0.230 e. The third-order valence-corrected chi connectivity index (χ3v) is 5.00. The zero-order valence-corrected chi connectivity index (χ0v) is 15.4. The Hall–Kier alpha value is -2.69. The molecule has 26 heavy (non-hydrogen) atoms. The summed E-state index contributed by atoms with van der Waals surface area (Å²) in [6.45, 7) is 5.13. The van der Waals surface area contributed by atoms with Gasteiger partial charge in [-0.15, -0.1) is 0 Å². The first-order valence-corrected chi connectivity index (χ1v) is 9.09. The van der Waals surface area contributed by atoms with Crippen molar-refractivity contribution in [1.29, 1.82) is 0 Å². The number of nitrogens with zero attached hydrogens (tertiary/aromatic N) is 2. The molecule has 0 radical (unpaired) electrons. The maximum Gasteiger partial charge on any atom is 0.230 e. The lowest BCUT2D eigenvalue weighted by atomic mass is 9.96. The molecule has 0 spiro atoms. The molecule has 1 N–H and O–H groups in total. The molecule has 2 heterocycles. The van der Waals surface area contributed by atoms with Gasteiger partial charge in [-0.1, -0.05) is 30.3 Å². The molecule has 1 unspecified atom stereocenters. The molecule has 3 rings (SSSR count). The van der Waals surface area contributed by atoms with Gasteiger partial charge in [-0.2, -0.15) is 0 Å². The second-order valence-electron chi connectivity index (χ2n) is 6.94. The van der Waals surface area contributed by atoms with Crippen LogP contribution in [0.25, 0.3) is 0 Å². The monoisotopic (exact) mass is 351 g/mol. The maximum atomic E-state index is 12.7. The Labute approximate surface area is 154 Å². The van der Waals surface area contributed by atoms with Gasteiger partial charge in [0.1, 0.15) is 5.82 Å². The van der Waals surface area contributed by atoms with Gasteiger partial charge in [0.25, 0.3) is 0 Å². The number of carbonyl (C=O) groups excluding carboxylic acids is 2. The summed E-state index contributed by atoms with van der Waals surface area (Å²) in [4.78, 5) is 31.3. The topological polar surface area (TPSA) is 62.3 Å². The average Bonchev–Trinajstić information content (AvgIpc) is 2.65. The number of aromatic nitrogens is 1. The number of aryl methyl sites for hydroxylation is 2. The summed E-state index contributed by atoms with van der Waals surface area (Å²) < 4.78 is 0. The second-order valence-corrected chi connectivity index (χ2v) is 6.94. The Morgan fingerprint density at radius 2 is 1.92 bits per heavy atom. The molecule has 1 aromatic carbocycles. The number of rotatable bonds is 4. The van der Waals surface area contributed by atoms with Crippen LogP contribution in [0.15, 0.2) is 42.6 Å². The van der Waals surface area contributed by atoms with Gasteiger partial charge in [-0.25, -0.2) is 4.98 Å². The molecule has 1 aliphatic rings. The molecule has 2 amide bonds. The van der Waals surface area contributed by atoms with Crippen molar-refractivity contribution in [3.8, 4) is 0 Å². The number of piperidine rings is 1. The molecule has 0 bridgehead atoms. The van der Waals surface area contributed by atoms with Crippen molar-refractivity contribution >= 4 is 17.6 Å². The molecule has 0 aliphatic carbocycles. The van der Waals surface area contributed by atoms with E-state index in [4.69, 9.17) is 0 Å². The second kappa shape index (κ2) is 8.13. The van der Waals surface area contributed by atoms with E-state index in [1.54, 1.807) is 6.20 Å². The zero-order valence-electron chi connectivity index (χ0n) is 15.4. The molecule has 136 valence electrons. The molecular weight excluding hydrogens is 326 g/mol. The molecule has 1 saturated heterocycles. The number of benzene rings is 1. The predicted octanol–water partition coefficient (Wildman–Crippen LogP) is 3.12. The van der Waals surface area contributed by atoms with Crippen LogP contribution < -0.4 is 5.32 Å². The van der Waals surface area contributed by atoms with E-state index in [9.17, 15) is 9.59 Å². The van der Waals surface area contributed by atoms with Crippen LogP contribution in [-0.2, 0) is 16.0 Å². The van der Waals surface area contributed by atoms with Crippen molar-refractivity contribution in [2.75, 3.05) is 18.4 Å². The van der Waals surface area contributed by atoms with Crippen molar-refractivity contribution in [2.24, 2.45) is 5.92 Å². The molecule has 1 fully saturated rings. The Kier molecular flexibility index (Phi) is 5.66. The van der Waals surface area contributed by atoms with Crippen molar-refractivity contribution in [2.45, 2.75) is 33.1 Å². The number of pyridine rings is 1. The lowest BCUT2D eigenvalue weighted by molar-refractivity contribution is -0.133. The minimum atomic E-state index is -0.189. The number of nitrogens with one attached hydrogen (secondary N) is 1. The van der Waals surface area contributed by atoms with Gasteiger partial charge in [0.05, 0.1) is 12.3 Å². The summed E-state index contributed by atoms with van der Waals surface area (Å²) in [5.74, 6) is 0.442. The van der Waals surface area contributed by atoms with Gasteiger partial charge >= 0.3 is 0 Å². The number of anilines is 1. The highest BCUT2D eigenvalue weighted by atomic mass is 16.2. The minimum Gasteiger partial charge on any atom is -0.342 e. The van der Waals surface area contributed by atoms with Gasteiger partial charge in [0.15, 0.2) is 0 Å². The number of amides is 2. The molecule has 1 atom stereocenters. The third kappa shape index (κ3) is 4.28. The van der Waals surface area contributed by atoms with E-state index in [0.717, 1.165) is 36.1 Å². The highest BCUT2D eigenvalue weighted by Crippen LogP contribution is 2.20. The Bertz CT molecular complexity index is 738. The highest BCUT2D eigenvalue weighted by Gasteiger charge is 2.28. The maximum absolute atomic E-state index is 12.7. The lowest BCUT2D eigenvalue weighted by Crippen LogP contribution is -2.44. The minimum absolute atomic E-state index is 0.0554. The average molecular weight is 351 g/mol. The fourth-order valence-electron chi connectivity index (χ4n) is 3.34. The van der Waals surface area contributed by atoms with E-state index in [-0.39, 0.29) is 17.7 Å². The van der Waals surface area contributed by atoms with Crippen LogP contribution in [0, 0.1) is 19.8 Å². The Morgan fingerprint density at radius 1 is 1.15 bits per heavy atom. The fraction of sp³-hybridized carbons (Fsp3) is 0.381. The molecule has 0 saturated carbocycles. The van der Waals surface area contributed by atoms with E-state index in [0.29, 0.717) is 18.8 Å². The fourth-order valence-corrected chi connectivity index (χ4v) is 3.34. The van der Waals surface area contributed by atoms with E-state index < -0.39 is 0 Å². The van der Waals surface area contributed by atoms with Gasteiger partial charge in [-0.3, -0.25) is 9.59 Å².